The van der Waals surface area contributed by atoms with Crippen molar-refractivity contribution < 1.29 is 14.9 Å². The maximum absolute atomic E-state index is 9.74. The van der Waals surface area contributed by atoms with Crippen LogP contribution in [-0.4, -0.2) is 42.1 Å². The molecule has 0 saturated heterocycles. The van der Waals surface area contributed by atoms with E-state index in [-0.39, 0.29) is 12.7 Å². The molecular weight excluding hydrogens is 256 g/mol. The summed E-state index contributed by atoms with van der Waals surface area (Å²) in [6, 6.07) is 8.88. The number of nitriles is 1. The average Bonchev–Trinajstić information content (AvgIpc) is 2.44. The molecule has 0 fully saturated rings. The smallest absolute Gasteiger partial charge is 0.120 e. The van der Waals surface area contributed by atoms with Crippen LogP contribution in [0.5, 0.6) is 5.75 Å². The molecular formula is C15H22N2O3. The standard InChI is InChI=1S/C15H22N2O3/c1-12(18)4-3-7-17-10-14(19)11-20-15-6-2-5-13(8-15)9-16/h2,5-6,8,12,14,17-19H,3-4,7,10-11H2,1H3. The molecule has 0 radical (unpaired) electrons. The van der Waals surface area contributed by atoms with Crippen LogP contribution in [0.2, 0.25) is 0 Å². The Labute approximate surface area is 119 Å². The van der Waals surface area contributed by atoms with Gasteiger partial charge in [0, 0.05) is 6.54 Å². The lowest BCUT2D eigenvalue weighted by molar-refractivity contribution is 0.106. The van der Waals surface area contributed by atoms with Crippen molar-refractivity contribution in [2.75, 3.05) is 19.7 Å². The van der Waals surface area contributed by atoms with Crippen molar-refractivity contribution in [2.45, 2.75) is 32.0 Å². The van der Waals surface area contributed by atoms with E-state index in [9.17, 15) is 5.11 Å². The third-order valence-electron chi connectivity index (χ3n) is 2.76. The first-order valence-electron chi connectivity index (χ1n) is 6.81. The van der Waals surface area contributed by atoms with Crippen LogP contribution in [0.25, 0.3) is 0 Å². The van der Waals surface area contributed by atoms with Crippen LogP contribution in [0.1, 0.15) is 25.3 Å². The molecule has 20 heavy (non-hydrogen) atoms. The molecule has 0 heterocycles. The molecule has 0 aliphatic rings. The van der Waals surface area contributed by atoms with Crippen LogP contribution >= 0.6 is 0 Å². The van der Waals surface area contributed by atoms with Crippen molar-refractivity contribution in [3.8, 4) is 11.8 Å². The lowest BCUT2D eigenvalue weighted by Crippen LogP contribution is -2.32. The molecule has 5 heteroatoms. The van der Waals surface area contributed by atoms with Gasteiger partial charge < -0.3 is 20.3 Å². The van der Waals surface area contributed by atoms with Gasteiger partial charge in [0.25, 0.3) is 0 Å². The van der Waals surface area contributed by atoms with Crippen LogP contribution in [0.15, 0.2) is 24.3 Å². The van der Waals surface area contributed by atoms with Gasteiger partial charge in [0.15, 0.2) is 0 Å². The van der Waals surface area contributed by atoms with Crippen LogP contribution in [0, 0.1) is 11.3 Å². The minimum atomic E-state index is -0.604. The van der Waals surface area contributed by atoms with Crippen LogP contribution in [0.3, 0.4) is 0 Å². The van der Waals surface area contributed by atoms with Gasteiger partial charge in [0.05, 0.1) is 17.7 Å². The van der Waals surface area contributed by atoms with Gasteiger partial charge in [-0.05, 0) is 44.5 Å². The van der Waals surface area contributed by atoms with Gasteiger partial charge in [-0.3, -0.25) is 0 Å². The van der Waals surface area contributed by atoms with E-state index in [4.69, 9.17) is 15.1 Å². The third-order valence-corrected chi connectivity index (χ3v) is 2.76. The molecule has 5 nitrogen and oxygen atoms in total. The van der Waals surface area contributed by atoms with E-state index in [0.29, 0.717) is 17.9 Å². The van der Waals surface area contributed by atoms with E-state index >= 15 is 0 Å². The summed E-state index contributed by atoms with van der Waals surface area (Å²) in [5.74, 6) is 0.581. The van der Waals surface area contributed by atoms with Gasteiger partial charge in [-0.1, -0.05) is 6.07 Å². The Morgan fingerprint density at radius 2 is 2.20 bits per heavy atom. The van der Waals surface area contributed by atoms with E-state index < -0.39 is 6.10 Å². The number of ether oxygens (including phenoxy) is 1. The van der Waals surface area contributed by atoms with Crippen LogP contribution in [0.4, 0.5) is 0 Å². The second kappa shape index (κ2) is 9.32. The number of aliphatic hydroxyl groups excluding tert-OH is 2. The Hall–Kier alpha value is -1.61. The molecule has 110 valence electrons. The number of nitrogens with zero attached hydrogens (tertiary/aromatic N) is 1. The quantitative estimate of drug-likeness (QED) is 0.588. The highest BCUT2D eigenvalue weighted by Gasteiger charge is 2.05. The van der Waals surface area contributed by atoms with Gasteiger partial charge in [-0.25, -0.2) is 0 Å². The predicted molar refractivity (Wildman–Crippen MR) is 76.4 cm³/mol. The lowest BCUT2D eigenvalue weighted by Gasteiger charge is -2.13. The normalized spacial score (nSPS) is 13.5. The predicted octanol–water partition coefficient (Wildman–Crippen LogP) is 1.05. The van der Waals surface area contributed by atoms with Gasteiger partial charge in [0.1, 0.15) is 18.5 Å². The van der Waals surface area contributed by atoms with Crippen LogP contribution in [-0.2, 0) is 0 Å². The second-order valence-corrected chi connectivity index (χ2v) is 4.80. The Balaban J connectivity index is 2.16. The highest BCUT2D eigenvalue weighted by Crippen LogP contribution is 2.12. The van der Waals surface area contributed by atoms with Gasteiger partial charge in [-0.15, -0.1) is 0 Å². The number of benzene rings is 1. The SMILES string of the molecule is CC(O)CCCNCC(O)COc1cccc(C#N)c1. The van der Waals surface area contributed by atoms with Crippen molar-refractivity contribution in [1.29, 1.82) is 5.26 Å². The van der Waals surface area contributed by atoms with Crippen molar-refractivity contribution in [3.05, 3.63) is 29.8 Å². The second-order valence-electron chi connectivity index (χ2n) is 4.80. The van der Waals surface area contributed by atoms with Crippen LogP contribution < -0.4 is 10.1 Å². The zero-order chi connectivity index (χ0) is 14.8. The fourth-order valence-electron chi connectivity index (χ4n) is 1.70. The first-order chi connectivity index (χ1) is 9.61. The van der Waals surface area contributed by atoms with Gasteiger partial charge in [0.2, 0.25) is 0 Å². The third kappa shape index (κ3) is 7.10. The summed E-state index contributed by atoms with van der Waals surface area (Å²) < 4.78 is 5.42. The molecule has 0 spiro atoms. The molecule has 1 rings (SSSR count). The zero-order valence-electron chi connectivity index (χ0n) is 11.7. The molecule has 2 unspecified atom stereocenters. The van der Waals surface area contributed by atoms with E-state index in [1.54, 1.807) is 31.2 Å². The summed E-state index contributed by atoms with van der Waals surface area (Å²) in [5, 5.41) is 30.7. The number of rotatable bonds is 9. The fourth-order valence-corrected chi connectivity index (χ4v) is 1.70. The molecule has 1 aromatic carbocycles. The summed E-state index contributed by atoms with van der Waals surface area (Å²) in [4.78, 5) is 0. The average molecular weight is 278 g/mol. The minimum Gasteiger partial charge on any atom is -0.491 e. The van der Waals surface area contributed by atoms with Crippen molar-refractivity contribution in [3.63, 3.8) is 0 Å². The monoisotopic (exact) mass is 278 g/mol. The molecule has 0 saturated carbocycles. The Bertz CT molecular complexity index is 429. The maximum Gasteiger partial charge on any atom is 0.120 e. The first kappa shape index (κ1) is 16.4. The largest absolute Gasteiger partial charge is 0.491 e. The van der Waals surface area contributed by atoms with Crippen molar-refractivity contribution in [2.24, 2.45) is 0 Å². The summed E-state index contributed by atoms with van der Waals surface area (Å²) in [6.45, 7) is 3.14. The highest BCUT2D eigenvalue weighted by molar-refractivity contribution is 5.36. The Morgan fingerprint density at radius 3 is 2.90 bits per heavy atom. The van der Waals surface area contributed by atoms with E-state index in [2.05, 4.69) is 5.32 Å². The molecule has 0 amide bonds. The molecule has 0 aliphatic carbocycles. The van der Waals surface area contributed by atoms with E-state index in [1.807, 2.05) is 6.07 Å². The summed E-state index contributed by atoms with van der Waals surface area (Å²) >= 11 is 0. The molecule has 0 bridgehead atoms. The van der Waals surface area contributed by atoms with Crippen molar-refractivity contribution >= 4 is 0 Å². The number of hydrogen-bond acceptors (Lipinski definition) is 5. The Kier molecular flexibility index (Phi) is 7.66. The fraction of sp³-hybridized carbons (Fsp3) is 0.533. The molecule has 2 atom stereocenters. The van der Waals surface area contributed by atoms with E-state index in [1.165, 1.54) is 0 Å². The molecule has 0 aliphatic heterocycles. The summed E-state index contributed by atoms with van der Waals surface area (Å²) in [5.41, 5.74) is 0.535. The molecule has 1 aromatic rings. The lowest BCUT2D eigenvalue weighted by atomic mass is 10.2. The van der Waals surface area contributed by atoms with Gasteiger partial charge in [-0.2, -0.15) is 5.26 Å². The topological polar surface area (TPSA) is 85.5 Å². The Morgan fingerprint density at radius 1 is 1.40 bits per heavy atom. The maximum atomic E-state index is 9.74. The molecule has 0 aromatic heterocycles. The van der Waals surface area contributed by atoms with E-state index in [0.717, 1.165) is 19.4 Å². The molecule has 3 N–H and O–H groups in total. The number of aliphatic hydroxyl groups is 2. The zero-order valence-corrected chi connectivity index (χ0v) is 11.7. The van der Waals surface area contributed by atoms with Gasteiger partial charge >= 0.3 is 0 Å². The first-order valence-corrected chi connectivity index (χ1v) is 6.81. The highest BCUT2D eigenvalue weighted by atomic mass is 16.5. The minimum absolute atomic E-state index is 0.179. The summed E-state index contributed by atoms with van der Waals surface area (Å²) in [6.07, 6.45) is 0.737. The number of nitrogens with one attached hydrogen (secondary N) is 1. The summed E-state index contributed by atoms with van der Waals surface area (Å²) in [7, 11) is 0. The van der Waals surface area contributed by atoms with Crippen molar-refractivity contribution in [1.82, 2.24) is 5.32 Å². The number of hydrogen-bond donors (Lipinski definition) is 3.